The van der Waals surface area contributed by atoms with Crippen molar-refractivity contribution in [1.29, 1.82) is 0 Å². The van der Waals surface area contributed by atoms with Crippen LogP contribution in [-0.4, -0.2) is 55.6 Å². The van der Waals surface area contributed by atoms with Crippen LogP contribution in [0.3, 0.4) is 0 Å². The van der Waals surface area contributed by atoms with Crippen LogP contribution in [0.4, 0.5) is 14.6 Å². The van der Waals surface area contributed by atoms with Crippen LogP contribution >= 0.6 is 0 Å². The summed E-state index contributed by atoms with van der Waals surface area (Å²) in [6, 6.07) is 1.47. The van der Waals surface area contributed by atoms with Gasteiger partial charge in [-0.1, -0.05) is 0 Å². The molecule has 1 aliphatic heterocycles. The number of ether oxygens (including phenoxy) is 1. The molecule has 3 rings (SSSR count). The largest absolute Gasteiger partial charge is 0.394 e. The van der Waals surface area contributed by atoms with Crippen molar-refractivity contribution in [2.24, 2.45) is 0 Å². The Hall–Kier alpha value is -2.17. The number of hydrogen-bond donors (Lipinski definition) is 3. The van der Waals surface area contributed by atoms with Crippen molar-refractivity contribution in [2.45, 2.75) is 31.5 Å². The first-order valence-corrected chi connectivity index (χ1v) is 6.82. The van der Waals surface area contributed by atoms with Gasteiger partial charge in [-0.05, 0) is 6.07 Å². The predicted molar refractivity (Wildman–Crippen MR) is 73.7 cm³/mol. The molecule has 1 saturated heterocycles. The van der Waals surface area contributed by atoms with Gasteiger partial charge < -0.3 is 24.8 Å². The van der Waals surface area contributed by atoms with Gasteiger partial charge in [0.25, 0.3) is 0 Å². The highest BCUT2D eigenvalue weighted by molar-refractivity contribution is 5.97. The topological polar surface area (TPSA) is 110 Å². The zero-order valence-electron chi connectivity index (χ0n) is 12.0. The fraction of sp³-hybridized carbons (Fsp3) is 0.462. The fourth-order valence-electron chi connectivity index (χ4n) is 2.55. The van der Waals surface area contributed by atoms with E-state index in [-0.39, 0.29) is 11.5 Å². The molecule has 0 radical (unpaired) electrons. The minimum absolute atomic E-state index is 0.000287. The Morgan fingerprint density at radius 2 is 2.26 bits per heavy atom. The lowest BCUT2D eigenvalue weighted by Gasteiger charge is -2.16. The molecule has 3 heterocycles. The molecular formula is C13H14F2N4O4. The Morgan fingerprint density at radius 1 is 1.52 bits per heavy atom. The van der Waals surface area contributed by atoms with E-state index in [0.29, 0.717) is 5.39 Å². The summed E-state index contributed by atoms with van der Waals surface area (Å²) in [5, 5.41) is 21.4. The molecule has 8 nitrogen and oxygen atoms in total. The minimum Gasteiger partial charge on any atom is -0.394 e. The van der Waals surface area contributed by atoms with Gasteiger partial charge in [0.05, 0.1) is 12.0 Å². The lowest BCUT2D eigenvalue weighted by molar-refractivity contribution is -0.114. The molecule has 124 valence electrons. The van der Waals surface area contributed by atoms with Crippen LogP contribution in [0, 0.1) is 6.08 Å². The van der Waals surface area contributed by atoms with Gasteiger partial charge in [-0.3, -0.25) is 4.79 Å². The van der Waals surface area contributed by atoms with E-state index in [1.54, 1.807) is 0 Å². The average Bonchev–Trinajstić information content (AvgIpc) is 3.01. The van der Waals surface area contributed by atoms with E-state index < -0.39 is 43.2 Å². The third-order valence-electron chi connectivity index (χ3n) is 3.59. The van der Waals surface area contributed by atoms with Crippen molar-refractivity contribution in [3.63, 3.8) is 0 Å². The highest BCUT2D eigenvalue weighted by Crippen LogP contribution is 2.35. The van der Waals surface area contributed by atoms with Crippen LogP contribution in [0.15, 0.2) is 12.3 Å². The number of anilines is 1. The number of carbonyl (C=O) groups excluding carboxylic acids is 1. The molecule has 10 heteroatoms. The van der Waals surface area contributed by atoms with Crippen LogP contribution < -0.4 is 5.32 Å². The van der Waals surface area contributed by atoms with Crippen molar-refractivity contribution in [3.8, 4) is 0 Å². The minimum atomic E-state index is -1.83. The van der Waals surface area contributed by atoms with Crippen molar-refractivity contribution in [3.05, 3.63) is 18.3 Å². The number of hydrogen-bond acceptors (Lipinski definition) is 6. The first-order chi connectivity index (χ1) is 10.9. The van der Waals surface area contributed by atoms with E-state index in [4.69, 9.17) is 9.84 Å². The van der Waals surface area contributed by atoms with Gasteiger partial charge in [-0.15, -0.1) is 0 Å². The molecule has 0 spiro atoms. The summed E-state index contributed by atoms with van der Waals surface area (Å²) in [5.74, 6) is -0.500. The predicted octanol–water partition coefficient (Wildman–Crippen LogP) is 0.117. The molecule has 1 aliphatic rings. The average molecular weight is 328 g/mol. The maximum atomic E-state index is 14.2. The highest BCUT2D eigenvalue weighted by Gasteiger charge is 2.45. The third-order valence-corrected chi connectivity index (χ3v) is 3.59. The number of alkyl halides is 1. The van der Waals surface area contributed by atoms with Gasteiger partial charge in [0, 0.05) is 13.1 Å². The molecule has 3 N–H and O–H groups in total. The Morgan fingerprint density at radius 3 is 2.87 bits per heavy atom. The molecule has 0 bridgehead atoms. The molecule has 1 fully saturated rings. The molecule has 4 atom stereocenters. The highest BCUT2D eigenvalue weighted by atomic mass is 19.1. The SMILES string of the molecule is CC(=O)Nc1nc(F)nc2c1ccn2C1OC(CO)C(O)C1F. The van der Waals surface area contributed by atoms with Crippen molar-refractivity contribution in [1.82, 2.24) is 14.5 Å². The van der Waals surface area contributed by atoms with Gasteiger partial charge in [-0.25, -0.2) is 4.39 Å². The number of rotatable bonds is 3. The normalized spacial score (nSPS) is 27.5. The van der Waals surface area contributed by atoms with Crippen LogP contribution in [-0.2, 0) is 9.53 Å². The molecular weight excluding hydrogens is 314 g/mol. The number of aliphatic hydroxyl groups is 2. The maximum Gasteiger partial charge on any atom is 0.312 e. The quantitative estimate of drug-likeness (QED) is 0.690. The van der Waals surface area contributed by atoms with E-state index in [9.17, 15) is 18.7 Å². The van der Waals surface area contributed by atoms with E-state index >= 15 is 0 Å². The number of aromatic nitrogens is 3. The zero-order chi connectivity index (χ0) is 16.7. The van der Waals surface area contributed by atoms with E-state index in [0.717, 1.165) is 0 Å². The lowest BCUT2D eigenvalue weighted by Crippen LogP contribution is -2.30. The second kappa shape index (κ2) is 5.80. The number of nitrogens with zero attached hydrogens (tertiary/aromatic N) is 3. The van der Waals surface area contributed by atoms with Crippen molar-refractivity contribution >= 4 is 22.8 Å². The van der Waals surface area contributed by atoms with Crippen molar-refractivity contribution in [2.75, 3.05) is 11.9 Å². The summed E-state index contributed by atoms with van der Waals surface area (Å²) in [4.78, 5) is 18.3. The number of fused-ring (bicyclic) bond motifs is 1. The maximum absolute atomic E-state index is 14.2. The Bertz CT molecular complexity index is 753. The lowest BCUT2D eigenvalue weighted by atomic mass is 10.1. The van der Waals surface area contributed by atoms with Crippen LogP contribution in [0.5, 0.6) is 0 Å². The molecule has 1 amide bonds. The zero-order valence-corrected chi connectivity index (χ0v) is 12.0. The second-order valence-electron chi connectivity index (χ2n) is 5.17. The Labute approximate surface area is 128 Å². The van der Waals surface area contributed by atoms with Crippen LogP contribution in [0.1, 0.15) is 13.2 Å². The molecule has 2 aromatic heterocycles. The first-order valence-electron chi connectivity index (χ1n) is 6.82. The summed E-state index contributed by atoms with van der Waals surface area (Å²) in [6.07, 6.45) is -5.43. The van der Waals surface area contributed by atoms with Gasteiger partial charge in [0.2, 0.25) is 5.91 Å². The molecule has 23 heavy (non-hydrogen) atoms. The van der Waals surface area contributed by atoms with Gasteiger partial charge >= 0.3 is 6.08 Å². The molecule has 2 aromatic rings. The van der Waals surface area contributed by atoms with Gasteiger partial charge in [0.15, 0.2) is 18.0 Å². The number of halogens is 2. The number of aliphatic hydroxyl groups excluding tert-OH is 2. The van der Waals surface area contributed by atoms with Gasteiger partial charge in [-0.2, -0.15) is 14.4 Å². The standard InChI is InChI=1S/C13H14F2N4O4/c1-5(21)16-10-6-2-3-19(11(6)18-13(15)17-10)12-8(14)9(22)7(4-20)23-12/h2-3,7-9,12,20,22H,4H2,1H3,(H,16,17,18,21). The second-order valence-corrected chi connectivity index (χ2v) is 5.17. The first kappa shape index (κ1) is 15.7. The van der Waals surface area contributed by atoms with Gasteiger partial charge in [0.1, 0.15) is 18.0 Å². The Kier molecular flexibility index (Phi) is 3.96. The third kappa shape index (κ3) is 2.64. The summed E-state index contributed by atoms with van der Waals surface area (Å²) in [6.45, 7) is 0.681. The monoisotopic (exact) mass is 328 g/mol. The fourth-order valence-corrected chi connectivity index (χ4v) is 2.55. The molecule has 0 aromatic carbocycles. The van der Waals surface area contributed by atoms with Crippen LogP contribution in [0.2, 0.25) is 0 Å². The van der Waals surface area contributed by atoms with E-state index in [1.165, 1.54) is 23.8 Å². The molecule has 0 aliphatic carbocycles. The van der Waals surface area contributed by atoms with E-state index in [1.807, 2.05) is 0 Å². The summed E-state index contributed by atoms with van der Waals surface area (Å²) in [7, 11) is 0. The summed E-state index contributed by atoms with van der Waals surface area (Å²) >= 11 is 0. The number of nitrogens with one attached hydrogen (secondary N) is 1. The number of carbonyl (C=O) groups is 1. The summed E-state index contributed by atoms with van der Waals surface area (Å²) < 4.78 is 34.3. The summed E-state index contributed by atoms with van der Waals surface area (Å²) in [5.41, 5.74) is -0.000287. The van der Waals surface area contributed by atoms with Crippen molar-refractivity contribution < 1.29 is 28.5 Å². The smallest absolute Gasteiger partial charge is 0.312 e. The Balaban J connectivity index is 2.06. The number of amides is 1. The molecule has 0 saturated carbocycles. The van der Waals surface area contributed by atoms with Crippen LogP contribution in [0.25, 0.3) is 11.0 Å². The molecule has 4 unspecified atom stereocenters. The van der Waals surface area contributed by atoms with E-state index in [2.05, 4.69) is 15.3 Å².